The molecule has 0 atom stereocenters. The Morgan fingerprint density at radius 1 is 1.19 bits per heavy atom. The molecule has 32 heavy (non-hydrogen) atoms. The molecule has 3 rings (SSSR count). The van der Waals surface area contributed by atoms with Gasteiger partial charge in [-0.3, -0.25) is 14.5 Å². The van der Waals surface area contributed by atoms with Crippen molar-refractivity contribution >= 4 is 57.8 Å². The summed E-state index contributed by atoms with van der Waals surface area (Å²) in [4.78, 5) is 38.0. The molecule has 1 saturated heterocycles. The van der Waals surface area contributed by atoms with Crippen LogP contribution < -0.4 is 5.32 Å². The first kappa shape index (κ1) is 23.2. The number of carbonyl (C=O) groups is 3. The number of thiocarbonyl (C=S) groups is 1. The average Bonchev–Trinajstić information content (AvgIpc) is 3.00. The topological polar surface area (TPSA) is 107 Å². The van der Waals surface area contributed by atoms with E-state index in [1.807, 2.05) is 43.3 Å². The number of amides is 2. The second-order valence-corrected chi connectivity index (χ2v) is 8.64. The third-order valence-electron chi connectivity index (χ3n) is 4.50. The van der Waals surface area contributed by atoms with Gasteiger partial charge in [0.1, 0.15) is 15.6 Å². The highest BCUT2D eigenvalue weighted by Gasteiger charge is 2.32. The van der Waals surface area contributed by atoms with E-state index < -0.39 is 17.6 Å². The van der Waals surface area contributed by atoms with Gasteiger partial charge in [-0.25, -0.2) is 4.79 Å². The van der Waals surface area contributed by atoms with Crippen molar-refractivity contribution < 1.29 is 24.6 Å². The fourth-order valence-electron chi connectivity index (χ4n) is 2.98. The number of aromatic carboxylic acids is 1. The van der Waals surface area contributed by atoms with Gasteiger partial charge in [-0.1, -0.05) is 60.4 Å². The highest BCUT2D eigenvalue weighted by molar-refractivity contribution is 8.26. The lowest BCUT2D eigenvalue weighted by atomic mass is 10.1. The monoisotopic (exact) mass is 468 g/mol. The maximum Gasteiger partial charge on any atom is 0.339 e. The lowest BCUT2D eigenvalue weighted by Crippen LogP contribution is -2.31. The van der Waals surface area contributed by atoms with Crippen LogP contribution in [0, 0.1) is 0 Å². The maximum absolute atomic E-state index is 12.7. The van der Waals surface area contributed by atoms with Gasteiger partial charge in [0.15, 0.2) is 0 Å². The summed E-state index contributed by atoms with van der Waals surface area (Å²) < 4.78 is 0.374. The minimum absolute atomic E-state index is 0.0260. The lowest BCUT2D eigenvalue weighted by molar-refractivity contribution is -0.122. The van der Waals surface area contributed by atoms with E-state index in [1.165, 1.54) is 34.9 Å². The molecule has 9 heteroatoms. The largest absolute Gasteiger partial charge is 0.507 e. The summed E-state index contributed by atoms with van der Waals surface area (Å²) >= 11 is 6.49. The second kappa shape index (κ2) is 10.3. The van der Waals surface area contributed by atoms with Gasteiger partial charge in [0.2, 0.25) is 5.91 Å². The van der Waals surface area contributed by atoms with Crippen LogP contribution in [0.25, 0.3) is 6.08 Å². The number of allylic oxidation sites excluding steroid dienone is 2. The van der Waals surface area contributed by atoms with Crippen LogP contribution in [0.2, 0.25) is 0 Å². The Morgan fingerprint density at radius 3 is 2.59 bits per heavy atom. The summed E-state index contributed by atoms with van der Waals surface area (Å²) in [5.41, 5.74) is 1.84. The number of hydrogen-bond donors (Lipinski definition) is 3. The first-order valence-electron chi connectivity index (χ1n) is 9.59. The van der Waals surface area contributed by atoms with Crippen LogP contribution in [0.3, 0.4) is 0 Å². The third kappa shape index (κ3) is 5.83. The minimum atomic E-state index is -1.31. The Hall–Kier alpha value is -3.43. The molecule has 0 bridgehead atoms. The molecule has 3 N–H and O–H groups in total. The Kier molecular flexibility index (Phi) is 7.45. The Labute approximate surface area is 194 Å². The molecule has 0 aliphatic carbocycles. The molecule has 1 aliphatic rings. The number of carbonyl (C=O) groups excluding carboxylic acids is 2. The zero-order valence-electron chi connectivity index (χ0n) is 17.1. The number of benzene rings is 2. The second-order valence-electron chi connectivity index (χ2n) is 6.97. The SMILES string of the molecule is CC(/C=C1\SC(=S)N(CCC(=O)Nc2ccc(O)c(C(=O)O)c2)C1=O)=C\c1ccccc1. The zero-order chi connectivity index (χ0) is 23.3. The predicted molar refractivity (Wildman–Crippen MR) is 128 cm³/mol. The number of carboxylic acids is 1. The van der Waals surface area contributed by atoms with Crippen molar-refractivity contribution in [2.75, 3.05) is 11.9 Å². The number of hydrogen-bond acceptors (Lipinski definition) is 6. The highest BCUT2D eigenvalue weighted by atomic mass is 32.2. The molecule has 2 amide bonds. The zero-order valence-corrected chi connectivity index (χ0v) is 18.7. The summed E-state index contributed by atoms with van der Waals surface area (Å²) in [5.74, 6) is -2.37. The molecule has 1 aliphatic heterocycles. The van der Waals surface area contributed by atoms with Crippen molar-refractivity contribution in [1.29, 1.82) is 0 Å². The van der Waals surface area contributed by atoms with Crippen molar-refractivity contribution in [3.05, 3.63) is 76.2 Å². The fourth-order valence-corrected chi connectivity index (χ4v) is 4.33. The summed E-state index contributed by atoms with van der Waals surface area (Å²) in [6.45, 7) is 2.00. The smallest absolute Gasteiger partial charge is 0.339 e. The van der Waals surface area contributed by atoms with Crippen LogP contribution in [0.1, 0.15) is 29.3 Å². The number of rotatable bonds is 7. The van der Waals surface area contributed by atoms with E-state index in [4.69, 9.17) is 17.3 Å². The van der Waals surface area contributed by atoms with Crippen LogP contribution in [-0.2, 0) is 9.59 Å². The van der Waals surface area contributed by atoms with E-state index in [9.17, 15) is 19.5 Å². The normalized spacial score (nSPS) is 15.3. The molecule has 7 nitrogen and oxygen atoms in total. The Balaban J connectivity index is 1.61. The van der Waals surface area contributed by atoms with Crippen LogP contribution in [0.5, 0.6) is 5.75 Å². The van der Waals surface area contributed by atoms with E-state index in [-0.39, 0.29) is 30.1 Å². The van der Waals surface area contributed by atoms with Gasteiger partial charge in [-0.15, -0.1) is 0 Å². The molecule has 0 saturated carbocycles. The number of anilines is 1. The van der Waals surface area contributed by atoms with Gasteiger partial charge in [0.25, 0.3) is 5.91 Å². The summed E-state index contributed by atoms with van der Waals surface area (Å²) in [7, 11) is 0. The van der Waals surface area contributed by atoms with E-state index in [0.29, 0.717) is 9.23 Å². The number of nitrogens with zero attached hydrogens (tertiary/aromatic N) is 1. The number of thioether (sulfide) groups is 1. The Bertz CT molecular complexity index is 1140. The van der Waals surface area contributed by atoms with Crippen LogP contribution in [0.4, 0.5) is 5.69 Å². The number of phenols is 1. The molecule has 0 unspecified atom stereocenters. The lowest BCUT2D eigenvalue weighted by Gasteiger charge is -2.14. The van der Waals surface area contributed by atoms with Gasteiger partial charge in [-0.2, -0.15) is 0 Å². The molecule has 0 radical (unpaired) electrons. The maximum atomic E-state index is 12.7. The summed E-state index contributed by atoms with van der Waals surface area (Å²) in [6, 6.07) is 13.5. The van der Waals surface area contributed by atoms with Gasteiger partial charge < -0.3 is 15.5 Å². The van der Waals surface area contributed by atoms with Crippen molar-refractivity contribution in [3.8, 4) is 5.75 Å². The molecular weight excluding hydrogens is 448 g/mol. The standard InChI is InChI=1S/C23H20N2O5S2/c1-14(11-15-5-3-2-4-6-15)12-19-21(28)25(23(31)32-19)10-9-20(27)24-16-7-8-18(26)17(13-16)22(29)30/h2-8,11-13,26H,9-10H2,1H3,(H,24,27)(H,29,30)/b14-11+,19-12-. The first-order valence-corrected chi connectivity index (χ1v) is 10.8. The third-order valence-corrected chi connectivity index (χ3v) is 5.88. The van der Waals surface area contributed by atoms with Crippen molar-refractivity contribution in [3.63, 3.8) is 0 Å². The van der Waals surface area contributed by atoms with E-state index >= 15 is 0 Å². The molecule has 0 aromatic heterocycles. The minimum Gasteiger partial charge on any atom is -0.507 e. The molecular formula is C23H20N2O5S2. The average molecular weight is 469 g/mol. The number of nitrogens with one attached hydrogen (secondary N) is 1. The van der Waals surface area contributed by atoms with Crippen molar-refractivity contribution in [2.24, 2.45) is 0 Å². The first-order chi connectivity index (χ1) is 15.2. The van der Waals surface area contributed by atoms with Gasteiger partial charge in [-0.05, 0) is 42.3 Å². The van der Waals surface area contributed by atoms with Crippen LogP contribution >= 0.6 is 24.0 Å². The van der Waals surface area contributed by atoms with E-state index in [1.54, 1.807) is 6.08 Å². The predicted octanol–water partition coefficient (Wildman–Crippen LogP) is 4.27. The molecule has 2 aromatic carbocycles. The molecule has 2 aromatic rings. The highest BCUT2D eigenvalue weighted by Crippen LogP contribution is 2.32. The molecule has 1 fully saturated rings. The van der Waals surface area contributed by atoms with Gasteiger partial charge >= 0.3 is 5.97 Å². The fraction of sp³-hybridized carbons (Fsp3) is 0.130. The van der Waals surface area contributed by atoms with Crippen LogP contribution in [-0.4, -0.2) is 43.8 Å². The van der Waals surface area contributed by atoms with Gasteiger partial charge in [0.05, 0.1) is 4.91 Å². The van der Waals surface area contributed by atoms with E-state index in [0.717, 1.165) is 11.1 Å². The molecule has 1 heterocycles. The molecule has 164 valence electrons. The van der Waals surface area contributed by atoms with Crippen LogP contribution in [0.15, 0.2) is 65.1 Å². The van der Waals surface area contributed by atoms with Crippen molar-refractivity contribution in [2.45, 2.75) is 13.3 Å². The number of carboxylic acid groups (broad SMARTS) is 1. The Morgan fingerprint density at radius 2 is 1.91 bits per heavy atom. The quantitative estimate of drug-likeness (QED) is 0.317. The van der Waals surface area contributed by atoms with Gasteiger partial charge in [0, 0.05) is 18.7 Å². The number of aromatic hydroxyl groups is 1. The summed E-state index contributed by atoms with van der Waals surface area (Å²) in [6.07, 6.45) is 3.71. The van der Waals surface area contributed by atoms with E-state index in [2.05, 4.69) is 5.32 Å². The molecule has 0 spiro atoms. The van der Waals surface area contributed by atoms with Crippen molar-refractivity contribution in [1.82, 2.24) is 4.90 Å². The summed E-state index contributed by atoms with van der Waals surface area (Å²) in [5, 5.41) is 21.2.